The minimum Gasteiger partial charge on any atom is -0.497 e. The van der Waals surface area contributed by atoms with Gasteiger partial charge < -0.3 is 14.5 Å². The molecule has 2 aliphatic heterocycles. The van der Waals surface area contributed by atoms with Crippen molar-refractivity contribution in [1.29, 1.82) is 0 Å². The molecule has 0 spiro atoms. The number of amides is 2. The Labute approximate surface area is 130 Å². The fourth-order valence-corrected chi connectivity index (χ4v) is 3.06. The number of nitrogens with one attached hydrogen (secondary N) is 1. The molecule has 3 rings (SSSR count). The maximum Gasteiger partial charge on any atom is 0.234 e. The number of nitrogens with zero attached hydrogens (tertiary/aromatic N) is 2. The average Bonchev–Trinajstić information content (AvgIpc) is 2.88. The lowest BCUT2D eigenvalue weighted by Gasteiger charge is -2.34. The van der Waals surface area contributed by atoms with Crippen molar-refractivity contribution in [1.82, 2.24) is 4.90 Å². The number of likely N-dealkylation sites (tertiary alicyclic amines) is 1. The van der Waals surface area contributed by atoms with Crippen LogP contribution >= 0.6 is 0 Å². The van der Waals surface area contributed by atoms with Gasteiger partial charge in [-0.15, -0.1) is 0 Å². The van der Waals surface area contributed by atoms with Gasteiger partial charge in [0, 0.05) is 18.5 Å². The van der Waals surface area contributed by atoms with Crippen LogP contribution in [0.2, 0.25) is 0 Å². The van der Waals surface area contributed by atoms with Crippen LogP contribution in [0.4, 0.5) is 5.69 Å². The highest BCUT2D eigenvalue weighted by atomic mass is 16.5. The summed E-state index contributed by atoms with van der Waals surface area (Å²) < 4.78 is 5.18. The van der Waals surface area contributed by atoms with Gasteiger partial charge in [0.25, 0.3) is 0 Å². The fourth-order valence-electron chi connectivity index (χ4n) is 3.06. The van der Waals surface area contributed by atoms with Crippen molar-refractivity contribution in [2.45, 2.75) is 12.8 Å². The van der Waals surface area contributed by atoms with Gasteiger partial charge in [-0.25, -0.2) is 4.90 Å². The molecular weight excluding hydrogens is 282 g/mol. The number of hydrogen-bond donors (Lipinski definition) is 1. The van der Waals surface area contributed by atoms with Gasteiger partial charge in [0.05, 0.1) is 33.3 Å². The molecule has 2 heterocycles. The molecule has 6 heteroatoms. The van der Waals surface area contributed by atoms with E-state index in [-0.39, 0.29) is 11.8 Å². The molecule has 1 N–H and O–H groups in total. The summed E-state index contributed by atoms with van der Waals surface area (Å²) in [6, 6.07) is 8.07. The Hall–Kier alpha value is -2.08. The largest absolute Gasteiger partial charge is 0.497 e. The van der Waals surface area contributed by atoms with Crippen LogP contribution in [0, 0.1) is 0 Å². The molecule has 0 aliphatic carbocycles. The normalized spacial score (nSPS) is 19.9. The molecule has 0 radical (unpaired) electrons. The maximum atomic E-state index is 11.7. The number of benzene rings is 1. The van der Waals surface area contributed by atoms with E-state index in [2.05, 4.69) is 17.0 Å². The van der Waals surface area contributed by atoms with Crippen molar-refractivity contribution in [3.05, 3.63) is 24.3 Å². The van der Waals surface area contributed by atoms with E-state index in [1.807, 2.05) is 12.1 Å². The third-order valence-electron chi connectivity index (χ3n) is 4.44. The van der Waals surface area contributed by atoms with Crippen LogP contribution < -0.4 is 14.5 Å². The van der Waals surface area contributed by atoms with Gasteiger partial charge in [-0.2, -0.15) is 0 Å². The van der Waals surface area contributed by atoms with Crippen LogP contribution in [-0.2, 0) is 9.59 Å². The predicted octanol–water partition coefficient (Wildman–Crippen LogP) is -0.493. The first-order valence-electron chi connectivity index (χ1n) is 7.73. The molecule has 6 nitrogen and oxygen atoms in total. The molecule has 1 aromatic rings. The Kier molecular flexibility index (Phi) is 4.29. The summed E-state index contributed by atoms with van der Waals surface area (Å²) in [5.41, 5.74) is 1.19. The van der Waals surface area contributed by atoms with E-state index < -0.39 is 0 Å². The summed E-state index contributed by atoms with van der Waals surface area (Å²) >= 11 is 0. The number of piperazine rings is 1. The first-order chi connectivity index (χ1) is 10.7. The number of anilines is 1. The van der Waals surface area contributed by atoms with Crippen molar-refractivity contribution in [3.63, 3.8) is 0 Å². The molecule has 0 aromatic heterocycles. The van der Waals surface area contributed by atoms with Crippen LogP contribution in [0.15, 0.2) is 24.3 Å². The van der Waals surface area contributed by atoms with Crippen molar-refractivity contribution >= 4 is 17.5 Å². The number of hydrogen-bond acceptors (Lipinski definition) is 4. The predicted molar refractivity (Wildman–Crippen MR) is 81.9 cm³/mol. The number of quaternary nitrogens is 1. The Morgan fingerprint density at radius 1 is 1.05 bits per heavy atom. The summed E-state index contributed by atoms with van der Waals surface area (Å²) in [6.45, 7) is 4.25. The number of methoxy groups -OCH3 is 1. The number of carbonyl (C=O) groups is 2. The summed E-state index contributed by atoms with van der Waals surface area (Å²) in [6.07, 6.45) is 0.758. The second-order valence-electron chi connectivity index (χ2n) is 5.81. The zero-order valence-electron chi connectivity index (χ0n) is 12.9. The Morgan fingerprint density at radius 2 is 1.64 bits per heavy atom. The number of imide groups is 1. The van der Waals surface area contributed by atoms with E-state index in [1.54, 1.807) is 7.11 Å². The molecule has 0 unspecified atom stereocenters. The third kappa shape index (κ3) is 3.06. The maximum absolute atomic E-state index is 11.7. The van der Waals surface area contributed by atoms with Gasteiger partial charge >= 0.3 is 0 Å². The van der Waals surface area contributed by atoms with E-state index in [4.69, 9.17) is 4.74 Å². The van der Waals surface area contributed by atoms with Gasteiger partial charge in [0.15, 0.2) is 6.67 Å². The van der Waals surface area contributed by atoms with Crippen LogP contribution in [0.1, 0.15) is 12.8 Å². The van der Waals surface area contributed by atoms with Crippen molar-refractivity contribution in [3.8, 4) is 5.75 Å². The van der Waals surface area contributed by atoms with E-state index in [0.29, 0.717) is 19.5 Å². The minimum atomic E-state index is -0.0184. The summed E-state index contributed by atoms with van der Waals surface area (Å²) in [7, 11) is 1.66. The summed E-state index contributed by atoms with van der Waals surface area (Å²) in [5.74, 6) is 0.823. The minimum absolute atomic E-state index is 0.0184. The summed E-state index contributed by atoms with van der Waals surface area (Å²) in [5, 5.41) is 0. The highest BCUT2D eigenvalue weighted by Gasteiger charge is 2.33. The van der Waals surface area contributed by atoms with Crippen LogP contribution in [0.25, 0.3) is 0 Å². The lowest BCUT2D eigenvalue weighted by atomic mass is 10.2. The molecule has 0 saturated carbocycles. The molecule has 1 aromatic carbocycles. The van der Waals surface area contributed by atoms with Crippen LogP contribution in [-0.4, -0.2) is 56.7 Å². The highest BCUT2D eigenvalue weighted by Crippen LogP contribution is 2.19. The molecule has 2 aliphatic rings. The zero-order valence-corrected chi connectivity index (χ0v) is 12.9. The van der Waals surface area contributed by atoms with Crippen LogP contribution in [0.5, 0.6) is 5.75 Å². The molecule has 118 valence electrons. The summed E-state index contributed by atoms with van der Waals surface area (Å²) in [4.78, 5) is 28.4. The van der Waals surface area contributed by atoms with Gasteiger partial charge in [0.2, 0.25) is 11.8 Å². The van der Waals surface area contributed by atoms with E-state index in [9.17, 15) is 9.59 Å². The quantitative estimate of drug-likeness (QED) is 0.763. The number of ether oxygens (including phenoxy) is 1. The number of rotatable bonds is 4. The molecule has 2 amide bonds. The average molecular weight is 304 g/mol. The third-order valence-corrected chi connectivity index (χ3v) is 4.44. The van der Waals surface area contributed by atoms with Crippen molar-refractivity contribution in [2.75, 3.05) is 44.9 Å². The Bertz CT molecular complexity index is 534. The van der Waals surface area contributed by atoms with Gasteiger partial charge in [-0.3, -0.25) is 9.59 Å². The Balaban J connectivity index is 1.53. The highest BCUT2D eigenvalue weighted by molar-refractivity contribution is 6.01. The smallest absolute Gasteiger partial charge is 0.234 e. The first kappa shape index (κ1) is 14.8. The lowest BCUT2D eigenvalue weighted by molar-refractivity contribution is -0.907. The second-order valence-corrected chi connectivity index (χ2v) is 5.81. The monoisotopic (exact) mass is 304 g/mol. The molecule has 0 atom stereocenters. The molecule has 2 saturated heterocycles. The standard InChI is InChI=1S/C16H21N3O3/c1-22-14-4-2-13(3-5-14)18-10-8-17(9-11-18)12-19-15(20)6-7-16(19)21/h2-5H,6-12H2,1H3/p+1. The SMILES string of the molecule is COc1ccc(N2CC[NH+](CN3C(=O)CCC3=O)CC2)cc1. The van der Waals surface area contributed by atoms with Crippen molar-refractivity contribution in [2.24, 2.45) is 0 Å². The number of carbonyl (C=O) groups excluding carboxylic acids is 2. The second kappa shape index (κ2) is 6.36. The van der Waals surface area contributed by atoms with E-state index >= 15 is 0 Å². The molecule has 22 heavy (non-hydrogen) atoms. The molecule has 2 fully saturated rings. The lowest BCUT2D eigenvalue weighted by Crippen LogP contribution is -3.16. The van der Waals surface area contributed by atoms with Gasteiger partial charge in [0.1, 0.15) is 5.75 Å². The van der Waals surface area contributed by atoms with Gasteiger partial charge in [-0.1, -0.05) is 0 Å². The first-order valence-corrected chi connectivity index (χ1v) is 7.73. The molecular formula is C16H22N3O3+. The van der Waals surface area contributed by atoms with E-state index in [1.165, 1.54) is 15.5 Å². The van der Waals surface area contributed by atoms with Crippen LogP contribution in [0.3, 0.4) is 0 Å². The van der Waals surface area contributed by atoms with Crippen molar-refractivity contribution < 1.29 is 19.2 Å². The van der Waals surface area contributed by atoms with Gasteiger partial charge in [-0.05, 0) is 24.3 Å². The van der Waals surface area contributed by atoms with E-state index in [0.717, 1.165) is 31.9 Å². The topological polar surface area (TPSA) is 54.3 Å². The zero-order chi connectivity index (χ0) is 15.5. The fraction of sp³-hybridized carbons (Fsp3) is 0.500. The Morgan fingerprint density at radius 3 is 2.18 bits per heavy atom. The molecule has 0 bridgehead atoms.